The van der Waals surface area contributed by atoms with Crippen LogP contribution in [0.15, 0.2) is 36.4 Å². The highest BCUT2D eigenvalue weighted by molar-refractivity contribution is 5.72. The summed E-state index contributed by atoms with van der Waals surface area (Å²) >= 11 is 0. The van der Waals surface area contributed by atoms with E-state index in [1.54, 1.807) is 27.4 Å². The Hall–Kier alpha value is -2.56. The Labute approximate surface area is 124 Å². The second-order valence-electron chi connectivity index (χ2n) is 4.50. The molecular weight excluding hydrogens is 268 g/mol. The van der Waals surface area contributed by atoms with E-state index in [1.165, 1.54) is 0 Å². The van der Waals surface area contributed by atoms with Crippen molar-refractivity contribution in [2.24, 2.45) is 0 Å². The van der Waals surface area contributed by atoms with Gasteiger partial charge in [0.25, 0.3) is 0 Å². The van der Waals surface area contributed by atoms with Crippen molar-refractivity contribution in [3.8, 4) is 17.2 Å². The predicted molar refractivity (Wildman–Crippen MR) is 84.3 cm³/mol. The molecule has 0 radical (unpaired) electrons. The molecular formula is C16H20N2O3. The van der Waals surface area contributed by atoms with Gasteiger partial charge in [-0.3, -0.25) is 0 Å². The minimum Gasteiger partial charge on any atom is -0.497 e. The van der Waals surface area contributed by atoms with Gasteiger partial charge in [-0.25, -0.2) is 0 Å². The van der Waals surface area contributed by atoms with Gasteiger partial charge < -0.3 is 25.3 Å². The molecule has 3 N–H and O–H groups in total. The van der Waals surface area contributed by atoms with Gasteiger partial charge in [0.2, 0.25) is 0 Å². The monoisotopic (exact) mass is 288 g/mol. The first-order valence-corrected chi connectivity index (χ1v) is 6.56. The number of hydrogen-bond acceptors (Lipinski definition) is 5. The standard InChI is InChI=1S/C16H20N2O3/c1-19-12-6-4-11(5-7-12)10-18-14-9-16(21-3)15(20-2)8-13(14)17/h4-9,18H,10,17H2,1-3H3. The summed E-state index contributed by atoms with van der Waals surface area (Å²) < 4.78 is 15.6. The topological polar surface area (TPSA) is 65.7 Å². The Morgan fingerprint density at radius 1 is 0.905 bits per heavy atom. The van der Waals surface area contributed by atoms with Crippen LogP contribution in [-0.2, 0) is 6.54 Å². The number of nitrogens with two attached hydrogens (primary N) is 1. The summed E-state index contributed by atoms with van der Waals surface area (Å²) in [6.45, 7) is 0.656. The maximum absolute atomic E-state index is 6.01. The van der Waals surface area contributed by atoms with E-state index in [9.17, 15) is 0 Å². The number of nitrogens with one attached hydrogen (secondary N) is 1. The minimum atomic E-state index is 0.612. The lowest BCUT2D eigenvalue weighted by atomic mass is 10.2. The smallest absolute Gasteiger partial charge is 0.162 e. The molecule has 2 aromatic carbocycles. The van der Waals surface area contributed by atoms with Crippen LogP contribution in [0.3, 0.4) is 0 Å². The molecule has 0 aliphatic heterocycles. The Morgan fingerprint density at radius 2 is 1.52 bits per heavy atom. The third-order valence-electron chi connectivity index (χ3n) is 3.20. The van der Waals surface area contributed by atoms with Crippen LogP contribution in [0.25, 0.3) is 0 Å². The van der Waals surface area contributed by atoms with E-state index >= 15 is 0 Å². The van der Waals surface area contributed by atoms with Gasteiger partial charge in [-0.1, -0.05) is 12.1 Å². The van der Waals surface area contributed by atoms with E-state index in [0.717, 1.165) is 17.0 Å². The zero-order valence-electron chi connectivity index (χ0n) is 12.5. The number of nitrogen functional groups attached to an aromatic ring is 1. The molecule has 0 fully saturated rings. The van der Waals surface area contributed by atoms with Crippen molar-refractivity contribution in [1.82, 2.24) is 0 Å². The number of methoxy groups -OCH3 is 3. The first-order chi connectivity index (χ1) is 10.2. The lowest BCUT2D eigenvalue weighted by Gasteiger charge is -2.14. The molecule has 0 heterocycles. The molecule has 2 aromatic rings. The van der Waals surface area contributed by atoms with E-state index in [0.29, 0.717) is 23.7 Å². The molecule has 2 rings (SSSR count). The highest BCUT2D eigenvalue weighted by Gasteiger charge is 2.08. The van der Waals surface area contributed by atoms with Crippen LogP contribution < -0.4 is 25.3 Å². The second kappa shape index (κ2) is 6.74. The van der Waals surface area contributed by atoms with Crippen molar-refractivity contribution in [2.75, 3.05) is 32.4 Å². The lowest BCUT2D eigenvalue weighted by Crippen LogP contribution is -2.04. The van der Waals surface area contributed by atoms with Crippen molar-refractivity contribution >= 4 is 11.4 Å². The normalized spacial score (nSPS) is 10.0. The molecule has 0 unspecified atom stereocenters. The van der Waals surface area contributed by atoms with Crippen LogP contribution in [0.5, 0.6) is 17.2 Å². The molecule has 0 bridgehead atoms. The van der Waals surface area contributed by atoms with Gasteiger partial charge in [0, 0.05) is 18.7 Å². The van der Waals surface area contributed by atoms with Crippen LogP contribution in [-0.4, -0.2) is 21.3 Å². The molecule has 0 aromatic heterocycles. The Bertz CT molecular complexity index is 597. The first-order valence-electron chi connectivity index (χ1n) is 6.56. The van der Waals surface area contributed by atoms with Gasteiger partial charge in [-0.05, 0) is 17.7 Å². The molecule has 112 valence electrons. The summed E-state index contributed by atoms with van der Waals surface area (Å²) in [4.78, 5) is 0. The fourth-order valence-corrected chi connectivity index (χ4v) is 1.99. The summed E-state index contributed by atoms with van der Waals surface area (Å²) in [5, 5.41) is 3.29. The number of anilines is 2. The summed E-state index contributed by atoms with van der Waals surface area (Å²) in [5.74, 6) is 2.10. The maximum Gasteiger partial charge on any atom is 0.162 e. The highest BCUT2D eigenvalue weighted by Crippen LogP contribution is 2.35. The van der Waals surface area contributed by atoms with E-state index in [4.69, 9.17) is 19.9 Å². The van der Waals surface area contributed by atoms with E-state index in [2.05, 4.69) is 5.32 Å². The van der Waals surface area contributed by atoms with Crippen LogP contribution in [0, 0.1) is 0 Å². The average molecular weight is 288 g/mol. The van der Waals surface area contributed by atoms with Gasteiger partial charge in [-0.2, -0.15) is 0 Å². The van der Waals surface area contributed by atoms with E-state index in [1.807, 2.05) is 30.3 Å². The third kappa shape index (κ3) is 3.51. The maximum atomic E-state index is 6.01. The molecule has 0 saturated heterocycles. The van der Waals surface area contributed by atoms with Gasteiger partial charge in [0.15, 0.2) is 11.5 Å². The Kier molecular flexibility index (Phi) is 4.77. The average Bonchev–Trinajstić information content (AvgIpc) is 2.53. The predicted octanol–water partition coefficient (Wildman–Crippen LogP) is 2.91. The van der Waals surface area contributed by atoms with Crippen LogP contribution >= 0.6 is 0 Å². The van der Waals surface area contributed by atoms with Gasteiger partial charge in [0.05, 0.1) is 32.7 Å². The Morgan fingerprint density at radius 3 is 2.10 bits per heavy atom. The lowest BCUT2D eigenvalue weighted by molar-refractivity contribution is 0.355. The second-order valence-corrected chi connectivity index (χ2v) is 4.50. The zero-order valence-corrected chi connectivity index (χ0v) is 12.5. The number of rotatable bonds is 6. The quantitative estimate of drug-likeness (QED) is 0.800. The van der Waals surface area contributed by atoms with Crippen molar-refractivity contribution in [2.45, 2.75) is 6.54 Å². The molecule has 21 heavy (non-hydrogen) atoms. The highest BCUT2D eigenvalue weighted by atomic mass is 16.5. The van der Waals surface area contributed by atoms with E-state index in [-0.39, 0.29) is 0 Å². The summed E-state index contributed by atoms with van der Waals surface area (Å²) in [6.07, 6.45) is 0. The van der Waals surface area contributed by atoms with Crippen LogP contribution in [0.4, 0.5) is 11.4 Å². The largest absolute Gasteiger partial charge is 0.497 e. The van der Waals surface area contributed by atoms with Gasteiger partial charge in [0.1, 0.15) is 5.75 Å². The SMILES string of the molecule is COc1ccc(CNc2cc(OC)c(OC)cc2N)cc1. The summed E-state index contributed by atoms with van der Waals surface area (Å²) in [5.41, 5.74) is 8.56. The summed E-state index contributed by atoms with van der Waals surface area (Å²) in [7, 11) is 4.83. The number of hydrogen-bond donors (Lipinski definition) is 2. The molecule has 0 aliphatic rings. The fourth-order valence-electron chi connectivity index (χ4n) is 1.99. The molecule has 0 aliphatic carbocycles. The van der Waals surface area contributed by atoms with Crippen molar-refractivity contribution in [3.05, 3.63) is 42.0 Å². The van der Waals surface area contributed by atoms with Crippen molar-refractivity contribution in [1.29, 1.82) is 0 Å². The molecule has 0 atom stereocenters. The minimum absolute atomic E-state index is 0.612. The van der Waals surface area contributed by atoms with Crippen molar-refractivity contribution in [3.63, 3.8) is 0 Å². The molecule has 5 nitrogen and oxygen atoms in total. The molecule has 5 heteroatoms. The zero-order chi connectivity index (χ0) is 15.2. The summed E-state index contributed by atoms with van der Waals surface area (Å²) in [6, 6.07) is 11.4. The molecule has 0 spiro atoms. The third-order valence-corrected chi connectivity index (χ3v) is 3.20. The fraction of sp³-hybridized carbons (Fsp3) is 0.250. The first kappa shape index (κ1) is 14.8. The molecule has 0 amide bonds. The van der Waals surface area contributed by atoms with Gasteiger partial charge in [-0.15, -0.1) is 0 Å². The number of benzene rings is 2. The number of ether oxygens (including phenoxy) is 3. The van der Waals surface area contributed by atoms with Crippen molar-refractivity contribution < 1.29 is 14.2 Å². The van der Waals surface area contributed by atoms with Gasteiger partial charge >= 0.3 is 0 Å². The van der Waals surface area contributed by atoms with Crippen LogP contribution in [0.2, 0.25) is 0 Å². The Balaban J connectivity index is 2.11. The molecule has 0 saturated carbocycles. The van der Waals surface area contributed by atoms with E-state index < -0.39 is 0 Å². The van der Waals surface area contributed by atoms with Crippen LogP contribution in [0.1, 0.15) is 5.56 Å².